The van der Waals surface area contributed by atoms with Gasteiger partial charge in [0.25, 0.3) is 0 Å². The maximum absolute atomic E-state index is 13.1. The summed E-state index contributed by atoms with van der Waals surface area (Å²) in [6, 6.07) is 11.4. The molecule has 8 nitrogen and oxygen atoms in total. The van der Waals surface area contributed by atoms with E-state index < -0.39 is 23.8 Å². The van der Waals surface area contributed by atoms with E-state index >= 15 is 0 Å². The van der Waals surface area contributed by atoms with Crippen LogP contribution in [0.5, 0.6) is 0 Å². The highest BCUT2D eigenvalue weighted by Gasteiger charge is 2.43. The molecule has 4 rings (SSSR count). The predicted molar refractivity (Wildman–Crippen MR) is 140 cm³/mol. The van der Waals surface area contributed by atoms with E-state index in [0.29, 0.717) is 22.1 Å². The lowest BCUT2D eigenvalue weighted by Crippen LogP contribution is -2.36. The molecule has 1 N–H and O–H groups in total. The van der Waals surface area contributed by atoms with Crippen molar-refractivity contribution in [1.82, 2.24) is 9.97 Å². The van der Waals surface area contributed by atoms with Crippen molar-refractivity contribution < 1.29 is 19.1 Å². The van der Waals surface area contributed by atoms with Crippen LogP contribution in [-0.4, -0.2) is 40.8 Å². The SMILES string of the molecule is CCOC(=O)C1=C(C)N=C(C)C(C(=O)OCC)C1c1ccccc1Nc1nc(-c2ccncc2)cs1. The second-order valence-corrected chi connectivity index (χ2v) is 9.02. The molecule has 9 heteroatoms. The van der Waals surface area contributed by atoms with Gasteiger partial charge < -0.3 is 14.8 Å². The van der Waals surface area contributed by atoms with Crippen LogP contribution in [0.25, 0.3) is 11.3 Å². The largest absolute Gasteiger partial charge is 0.465 e. The number of rotatable bonds is 8. The molecule has 0 amide bonds. The van der Waals surface area contributed by atoms with Gasteiger partial charge in [-0.15, -0.1) is 11.3 Å². The standard InChI is InChI=1S/C27H28N4O4S/c1-5-34-25(32)22-16(3)29-17(4)23(26(33)35-6-2)24(22)19-9-7-8-10-20(19)30-27-31-21(15-36-27)18-11-13-28-14-12-18/h7-15,22,24H,5-6H2,1-4H3,(H,30,31). The molecule has 0 radical (unpaired) electrons. The highest BCUT2D eigenvalue weighted by molar-refractivity contribution is 7.14. The molecule has 0 bridgehead atoms. The third-order valence-electron chi connectivity index (χ3n) is 5.88. The second kappa shape index (κ2) is 11.3. The number of pyridine rings is 1. The third kappa shape index (κ3) is 5.21. The summed E-state index contributed by atoms with van der Waals surface area (Å²) in [4.78, 5) is 39.6. The Morgan fingerprint density at radius 2 is 1.75 bits per heavy atom. The van der Waals surface area contributed by atoms with Crippen LogP contribution in [0.2, 0.25) is 0 Å². The summed E-state index contributed by atoms with van der Waals surface area (Å²) >= 11 is 1.46. The number of carbonyl (C=O) groups is 2. The molecule has 1 aliphatic rings. The number of carbonyl (C=O) groups excluding carboxylic acids is 2. The topological polar surface area (TPSA) is 103 Å². The smallest absolute Gasteiger partial charge is 0.336 e. The van der Waals surface area contributed by atoms with Crippen LogP contribution in [0.3, 0.4) is 0 Å². The van der Waals surface area contributed by atoms with E-state index in [4.69, 9.17) is 14.5 Å². The second-order valence-electron chi connectivity index (χ2n) is 8.17. The highest BCUT2D eigenvalue weighted by Crippen LogP contribution is 2.43. The number of ether oxygens (including phenoxy) is 2. The van der Waals surface area contributed by atoms with Crippen LogP contribution in [0.15, 0.2) is 70.4 Å². The number of allylic oxidation sites excluding steroid dienone is 1. The van der Waals surface area contributed by atoms with Gasteiger partial charge >= 0.3 is 11.9 Å². The maximum atomic E-state index is 13.1. The first-order valence-corrected chi connectivity index (χ1v) is 12.6. The summed E-state index contributed by atoms with van der Waals surface area (Å²) in [6.45, 7) is 7.50. The summed E-state index contributed by atoms with van der Waals surface area (Å²) in [5, 5.41) is 6.05. The summed E-state index contributed by atoms with van der Waals surface area (Å²) in [5.41, 5.74) is 4.76. The van der Waals surface area contributed by atoms with Crippen molar-refractivity contribution in [3.05, 3.63) is 71.0 Å². The van der Waals surface area contributed by atoms with E-state index in [9.17, 15) is 9.59 Å². The van der Waals surface area contributed by atoms with E-state index in [1.807, 2.05) is 41.8 Å². The van der Waals surface area contributed by atoms with Crippen LogP contribution in [0, 0.1) is 5.92 Å². The molecule has 0 saturated heterocycles. The van der Waals surface area contributed by atoms with Crippen LogP contribution in [0.4, 0.5) is 10.8 Å². The Labute approximate surface area is 214 Å². The number of aromatic nitrogens is 2. The predicted octanol–water partition coefficient (Wildman–Crippen LogP) is 5.52. The molecule has 2 aromatic heterocycles. The minimum Gasteiger partial charge on any atom is -0.465 e. The molecule has 0 fully saturated rings. The van der Waals surface area contributed by atoms with Gasteiger partial charge in [0.15, 0.2) is 5.13 Å². The molecule has 2 unspecified atom stereocenters. The monoisotopic (exact) mass is 504 g/mol. The van der Waals surface area contributed by atoms with E-state index in [0.717, 1.165) is 22.5 Å². The third-order valence-corrected chi connectivity index (χ3v) is 6.64. The van der Waals surface area contributed by atoms with E-state index in [-0.39, 0.29) is 13.2 Å². The Balaban J connectivity index is 1.78. The fourth-order valence-electron chi connectivity index (χ4n) is 4.37. The van der Waals surface area contributed by atoms with Crippen LogP contribution >= 0.6 is 11.3 Å². The first-order chi connectivity index (χ1) is 17.4. The molecule has 3 heterocycles. The van der Waals surface area contributed by atoms with Gasteiger partial charge in [0, 0.05) is 46.4 Å². The van der Waals surface area contributed by atoms with Gasteiger partial charge in [0.05, 0.1) is 24.5 Å². The fourth-order valence-corrected chi connectivity index (χ4v) is 5.10. The van der Waals surface area contributed by atoms with Crippen molar-refractivity contribution in [3.63, 3.8) is 0 Å². The molecule has 0 aliphatic carbocycles. The number of nitrogens with zero attached hydrogens (tertiary/aromatic N) is 3. The molecule has 1 aromatic carbocycles. The Morgan fingerprint density at radius 3 is 2.47 bits per heavy atom. The van der Waals surface area contributed by atoms with Gasteiger partial charge in [-0.2, -0.15) is 0 Å². The summed E-state index contributed by atoms with van der Waals surface area (Å²) in [5.74, 6) is -2.32. The van der Waals surface area contributed by atoms with Crippen LogP contribution in [0.1, 0.15) is 39.2 Å². The number of para-hydroxylation sites is 1. The molecule has 36 heavy (non-hydrogen) atoms. The molecule has 3 aromatic rings. The lowest BCUT2D eigenvalue weighted by atomic mass is 9.75. The van der Waals surface area contributed by atoms with E-state index in [2.05, 4.69) is 15.3 Å². The maximum Gasteiger partial charge on any atom is 0.336 e. The lowest BCUT2D eigenvalue weighted by Gasteiger charge is -2.32. The molecular formula is C27H28N4O4S. The zero-order valence-electron chi connectivity index (χ0n) is 20.6. The molecule has 0 spiro atoms. The Bertz CT molecular complexity index is 1320. The average Bonchev–Trinajstić information content (AvgIpc) is 3.33. The van der Waals surface area contributed by atoms with Crippen molar-refractivity contribution in [3.8, 4) is 11.3 Å². The van der Waals surface area contributed by atoms with E-state index in [1.54, 1.807) is 40.1 Å². The van der Waals surface area contributed by atoms with Gasteiger partial charge in [-0.25, -0.2) is 9.78 Å². The van der Waals surface area contributed by atoms with Crippen molar-refractivity contribution in [1.29, 1.82) is 0 Å². The number of benzene rings is 1. The minimum atomic E-state index is -0.764. The highest BCUT2D eigenvalue weighted by atomic mass is 32.1. The fraction of sp³-hybridized carbons (Fsp3) is 0.296. The lowest BCUT2D eigenvalue weighted by molar-refractivity contribution is -0.146. The quantitative estimate of drug-likeness (QED) is 0.403. The number of aliphatic imine (C=N–C) groups is 1. The molecule has 0 saturated carbocycles. The Hall–Kier alpha value is -3.85. The van der Waals surface area contributed by atoms with Crippen molar-refractivity contribution in [2.24, 2.45) is 10.9 Å². The summed E-state index contributed by atoms with van der Waals surface area (Å²) in [7, 11) is 0. The number of esters is 2. The zero-order chi connectivity index (χ0) is 25.7. The van der Waals surface area contributed by atoms with Crippen molar-refractivity contribution in [2.75, 3.05) is 18.5 Å². The molecular weight excluding hydrogens is 476 g/mol. The normalized spacial score (nSPS) is 17.4. The molecule has 1 aliphatic heterocycles. The van der Waals surface area contributed by atoms with Crippen molar-refractivity contribution in [2.45, 2.75) is 33.6 Å². The number of anilines is 2. The molecule has 2 atom stereocenters. The number of hydrogen-bond acceptors (Lipinski definition) is 9. The minimum absolute atomic E-state index is 0.214. The number of thiazole rings is 1. The molecule has 186 valence electrons. The first-order valence-electron chi connectivity index (χ1n) is 11.8. The van der Waals surface area contributed by atoms with Crippen molar-refractivity contribution >= 4 is 39.8 Å². The average molecular weight is 505 g/mol. The van der Waals surface area contributed by atoms with Crippen LogP contribution in [-0.2, 0) is 19.1 Å². The number of hydrogen-bond donors (Lipinski definition) is 1. The van der Waals surface area contributed by atoms with Crippen LogP contribution < -0.4 is 5.32 Å². The summed E-state index contributed by atoms with van der Waals surface area (Å²) in [6.07, 6.45) is 3.45. The zero-order valence-corrected chi connectivity index (χ0v) is 21.5. The number of nitrogens with one attached hydrogen (secondary N) is 1. The van der Waals surface area contributed by atoms with Gasteiger partial charge in [0.1, 0.15) is 5.92 Å². The van der Waals surface area contributed by atoms with E-state index in [1.165, 1.54) is 11.3 Å². The van der Waals surface area contributed by atoms with Gasteiger partial charge in [-0.3, -0.25) is 14.8 Å². The Morgan fingerprint density at radius 1 is 1.03 bits per heavy atom. The first kappa shape index (κ1) is 25.2. The van der Waals surface area contributed by atoms with Gasteiger partial charge in [-0.05, 0) is 51.5 Å². The van der Waals surface area contributed by atoms with Gasteiger partial charge in [0.2, 0.25) is 0 Å². The summed E-state index contributed by atoms with van der Waals surface area (Å²) < 4.78 is 10.8. The van der Waals surface area contributed by atoms with Gasteiger partial charge in [-0.1, -0.05) is 18.2 Å². The Kier molecular flexibility index (Phi) is 7.90.